The smallest absolute Gasteiger partial charge is 0.258 e. The van der Waals surface area contributed by atoms with Gasteiger partial charge >= 0.3 is 0 Å². The van der Waals surface area contributed by atoms with Crippen molar-refractivity contribution in [1.82, 2.24) is 19.8 Å². The molecule has 7 heteroatoms. The van der Waals surface area contributed by atoms with E-state index in [2.05, 4.69) is 14.9 Å². The lowest BCUT2D eigenvalue weighted by atomic mass is 10.1. The summed E-state index contributed by atoms with van der Waals surface area (Å²) in [6.45, 7) is 6.01. The zero-order valence-electron chi connectivity index (χ0n) is 20.6. The van der Waals surface area contributed by atoms with Crippen molar-refractivity contribution in [2.75, 3.05) is 44.2 Å². The number of fused-ring (bicyclic) bond motifs is 1. The van der Waals surface area contributed by atoms with Gasteiger partial charge < -0.3 is 9.88 Å². The van der Waals surface area contributed by atoms with Crippen LogP contribution in [0, 0.1) is 6.92 Å². The molecule has 36 heavy (non-hydrogen) atoms. The van der Waals surface area contributed by atoms with Gasteiger partial charge in [-0.2, -0.15) is 0 Å². The summed E-state index contributed by atoms with van der Waals surface area (Å²) >= 11 is 0. The molecule has 0 aliphatic carbocycles. The van der Waals surface area contributed by atoms with E-state index in [1.165, 1.54) is 5.56 Å². The molecule has 1 saturated heterocycles. The summed E-state index contributed by atoms with van der Waals surface area (Å²) in [6, 6.07) is 19.2. The molecule has 0 unspecified atom stereocenters. The number of hydrogen-bond donors (Lipinski definition) is 1. The molecule has 2 aromatic carbocycles. The second-order valence-corrected chi connectivity index (χ2v) is 9.29. The fourth-order valence-corrected chi connectivity index (χ4v) is 4.74. The standard InChI is InChI=1S/C29H31N5O2/c1-22-20-31-27-19-24(7-8-26(22)27)29(36)34(25-5-3-2-4-6-25)21-28(35)33-17-15-32(16-18-33)14-11-23-9-12-30-13-10-23/h2-10,12-13,19-20,31H,11,14-18,21H2,1H3. The van der Waals surface area contributed by atoms with Gasteiger partial charge in [0.05, 0.1) is 0 Å². The third-order valence-electron chi connectivity index (χ3n) is 6.93. The molecule has 0 radical (unpaired) electrons. The van der Waals surface area contributed by atoms with E-state index < -0.39 is 0 Å². The van der Waals surface area contributed by atoms with Gasteiger partial charge in [-0.3, -0.25) is 24.4 Å². The highest BCUT2D eigenvalue weighted by molar-refractivity contribution is 6.10. The molecular formula is C29H31N5O2. The van der Waals surface area contributed by atoms with E-state index in [1.807, 2.05) is 91.1 Å². The lowest BCUT2D eigenvalue weighted by molar-refractivity contribution is -0.131. The number of nitrogens with one attached hydrogen (secondary N) is 1. The van der Waals surface area contributed by atoms with E-state index in [9.17, 15) is 9.59 Å². The number of carbonyl (C=O) groups is 2. The average molecular weight is 482 g/mol. The Bertz CT molecular complexity index is 1330. The number of carbonyl (C=O) groups excluding carboxylic acids is 2. The van der Waals surface area contributed by atoms with Crippen molar-refractivity contribution < 1.29 is 9.59 Å². The van der Waals surface area contributed by atoms with Gasteiger partial charge in [-0.1, -0.05) is 24.3 Å². The summed E-state index contributed by atoms with van der Waals surface area (Å²) in [6.07, 6.45) is 6.55. The van der Waals surface area contributed by atoms with Crippen LogP contribution in [0.5, 0.6) is 0 Å². The van der Waals surface area contributed by atoms with Crippen LogP contribution in [0.25, 0.3) is 10.9 Å². The first-order valence-corrected chi connectivity index (χ1v) is 12.4. The van der Waals surface area contributed by atoms with Crippen LogP contribution < -0.4 is 4.90 Å². The fraction of sp³-hybridized carbons (Fsp3) is 0.276. The summed E-state index contributed by atoms with van der Waals surface area (Å²) in [5, 5.41) is 1.09. The lowest BCUT2D eigenvalue weighted by Crippen LogP contribution is -2.52. The average Bonchev–Trinajstić information content (AvgIpc) is 3.31. The van der Waals surface area contributed by atoms with E-state index in [0.717, 1.165) is 48.2 Å². The minimum atomic E-state index is -0.181. The molecule has 0 atom stereocenters. The zero-order valence-corrected chi connectivity index (χ0v) is 20.6. The van der Waals surface area contributed by atoms with Crippen molar-refractivity contribution in [3.63, 3.8) is 0 Å². The fourth-order valence-electron chi connectivity index (χ4n) is 4.74. The Kier molecular flexibility index (Phi) is 7.09. The van der Waals surface area contributed by atoms with Crippen LogP contribution in [-0.4, -0.2) is 70.9 Å². The van der Waals surface area contributed by atoms with Crippen LogP contribution in [-0.2, 0) is 11.2 Å². The summed E-state index contributed by atoms with van der Waals surface area (Å²) in [5.74, 6) is -0.211. The first-order chi connectivity index (χ1) is 17.6. The Labute approximate surface area is 211 Å². The highest BCUT2D eigenvalue weighted by atomic mass is 16.2. The van der Waals surface area contributed by atoms with Crippen LogP contribution >= 0.6 is 0 Å². The molecule has 5 rings (SSSR count). The second kappa shape index (κ2) is 10.7. The SMILES string of the molecule is Cc1c[nH]c2cc(C(=O)N(CC(=O)N3CCN(CCc4ccncc4)CC3)c3ccccc3)ccc12. The third-order valence-corrected chi connectivity index (χ3v) is 6.93. The van der Waals surface area contributed by atoms with Crippen molar-refractivity contribution in [3.8, 4) is 0 Å². The van der Waals surface area contributed by atoms with Crippen LogP contribution in [0.4, 0.5) is 5.69 Å². The van der Waals surface area contributed by atoms with Crippen LogP contribution in [0.1, 0.15) is 21.5 Å². The lowest BCUT2D eigenvalue weighted by Gasteiger charge is -2.36. The topological polar surface area (TPSA) is 72.5 Å². The van der Waals surface area contributed by atoms with Crippen molar-refractivity contribution in [2.45, 2.75) is 13.3 Å². The van der Waals surface area contributed by atoms with Crippen molar-refractivity contribution in [2.24, 2.45) is 0 Å². The number of H-pyrrole nitrogens is 1. The summed E-state index contributed by atoms with van der Waals surface area (Å²) < 4.78 is 0. The largest absolute Gasteiger partial charge is 0.361 e. The minimum absolute atomic E-state index is 0.0155. The summed E-state index contributed by atoms with van der Waals surface area (Å²) in [5.41, 5.74) is 4.60. The molecule has 2 aromatic heterocycles. The maximum atomic E-state index is 13.6. The molecule has 0 spiro atoms. The molecule has 1 N–H and O–H groups in total. The molecule has 0 saturated carbocycles. The number of pyridine rings is 1. The minimum Gasteiger partial charge on any atom is -0.361 e. The van der Waals surface area contributed by atoms with Gasteiger partial charge in [0.25, 0.3) is 5.91 Å². The molecule has 7 nitrogen and oxygen atoms in total. The number of aryl methyl sites for hydroxylation is 1. The Morgan fingerprint density at radius 2 is 1.72 bits per heavy atom. The summed E-state index contributed by atoms with van der Waals surface area (Å²) in [4.78, 5) is 40.1. The third kappa shape index (κ3) is 5.31. The van der Waals surface area contributed by atoms with E-state index in [-0.39, 0.29) is 18.4 Å². The maximum absolute atomic E-state index is 13.6. The molecule has 1 aliphatic rings. The molecule has 2 amide bonds. The highest BCUT2D eigenvalue weighted by Crippen LogP contribution is 2.22. The Balaban J connectivity index is 1.25. The molecular weight excluding hydrogens is 450 g/mol. The quantitative estimate of drug-likeness (QED) is 0.435. The van der Waals surface area contributed by atoms with Crippen LogP contribution in [0.2, 0.25) is 0 Å². The monoisotopic (exact) mass is 481 g/mol. The van der Waals surface area contributed by atoms with Crippen LogP contribution in [0.15, 0.2) is 79.3 Å². The highest BCUT2D eigenvalue weighted by Gasteiger charge is 2.26. The Morgan fingerprint density at radius 3 is 2.47 bits per heavy atom. The Hall–Kier alpha value is -3.97. The first kappa shape index (κ1) is 23.8. The van der Waals surface area contributed by atoms with Gasteiger partial charge in [-0.15, -0.1) is 0 Å². The molecule has 1 aliphatic heterocycles. The van der Waals surface area contributed by atoms with Gasteiger partial charge in [0.15, 0.2) is 0 Å². The molecule has 184 valence electrons. The predicted molar refractivity (Wildman–Crippen MR) is 142 cm³/mol. The molecule has 4 aromatic rings. The van der Waals surface area contributed by atoms with Gasteiger partial charge in [0.2, 0.25) is 5.91 Å². The van der Waals surface area contributed by atoms with E-state index in [0.29, 0.717) is 18.7 Å². The maximum Gasteiger partial charge on any atom is 0.258 e. The number of para-hydroxylation sites is 1. The van der Waals surface area contributed by atoms with Crippen LogP contribution in [0.3, 0.4) is 0 Å². The van der Waals surface area contributed by atoms with Crippen molar-refractivity contribution in [3.05, 3.63) is 95.9 Å². The Morgan fingerprint density at radius 1 is 0.972 bits per heavy atom. The molecule has 0 bridgehead atoms. The summed E-state index contributed by atoms with van der Waals surface area (Å²) in [7, 11) is 0. The number of anilines is 1. The zero-order chi connectivity index (χ0) is 24.9. The van der Waals surface area contributed by atoms with Crippen molar-refractivity contribution >= 4 is 28.4 Å². The number of nitrogens with zero attached hydrogens (tertiary/aromatic N) is 4. The number of hydrogen-bond acceptors (Lipinski definition) is 4. The van der Waals surface area contributed by atoms with E-state index in [1.54, 1.807) is 4.90 Å². The van der Waals surface area contributed by atoms with Gasteiger partial charge in [-0.25, -0.2) is 0 Å². The number of aromatic nitrogens is 2. The molecule has 1 fully saturated rings. The van der Waals surface area contributed by atoms with Crippen molar-refractivity contribution in [1.29, 1.82) is 0 Å². The van der Waals surface area contributed by atoms with E-state index >= 15 is 0 Å². The van der Waals surface area contributed by atoms with Gasteiger partial charge in [0, 0.05) is 73.5 Å². The number of rotatable bonds is 7. The first-order valence-electron chi connectivity index (χ1n) is 12.4. The predicted octanol–water partition coefficient (Wildman–Crippen LogP) is 3.91. The normalized spacial score (nSPS) is 14.2. The second-order valence-electron chi connectivity index (χ2n) is 9.29. The van der Waals surface area contributed by atoms with Gasteiger partial charge in [0.1, 0.15) is 6.54 Å². The number of piperazine rings is 1. The van der Waals surface area contributed by atoms with Gasteiger partial charge in [-0.05, 0) is 60.9 Å². The number of benzene rings is 2. The van der Waals surface area contributed by atoms with E-state index in [4.69, 9.17) is 0 Å². The number of amides is 2. The number of aromatic amines is 1. The molecule has 3 heterocycles.